The number of benzene rings is 2. The van der Waals surface area contributed by atoms with Gasteiger partial charge < -0.3 is 10.1 Å². The van der Waals surface area contributed by atoms with Gasteiger partial charge in [0.2, 0.25) is 0 Å². The van der Waals surface area contributed by atoms with Crippen LogP contribution in [0, 0.1) is 0 Å². The van der Waals surface area contributed by atoms with E-state index in [9.17, 15) is 18.0 Å². The molecule has 0 aromatic heterocycles. The van der Waals surface area contributed by atoms with Gasteiger partial charge in [-0.05, 0) is 43.3 Å². The Kier molecular flexibility index (Phi) is 5.62. The molecule has 0 saturated heterocycles. The Labute approximate surface area is 146 Å². The fourth-order valence-corrected chi connectivity index (χ4v) is 2.38. The van der Waals surface area contributed by atoms with E-state index < -0.39 is 17.6 Å². The lowest BCUT2D eigenvalue weighted by Crippen LogP contribution is -2.16. The first-order valence-corrected chi connectivity index (χ1v) is 7.58. The summed E-state index contributed by atoms with van der Waals surface area (Å²) in [5.41, 5.74) is -1.31. The van der Waals surface area contributed by atoms with Crippen LogP contribution >= 0.6 is 23.2 Å². The molecule has 0 aliphatic carbocycles. The van der Waals surface area contributed by atoms with Crippen LogP contribution in [0.5, 0.6) is 5.75 Å². The molecule has 24 heavy (non-hydrogen) atoms. The largest absolute Gasteiger partial charge is 0.492 e. The number of anilines is 1. The van der Waals surface area contributed by atoms with Crippen LogP contribution in [0.3, 0.4) is 0 Å². The monoisotopic (exact) mass is 377 g/mol. The predicted octanol–water partition coefficient (Wildman–Crippen LogP) is 5.66. The number of halogens is 5. The Balaban J connectivity index is 2.29. The number of hydrogen-bond acceptors (Lipinski definition) is 2. The Morgan fingerprint density at radius 3 is 2.46 bits per heavy atom. The molecule has 0 spiro atoms. The van der Waals surface area contributed by atoms with Gasteiger partial charge >= 0.3 is 6.18 Å². The van der Waals surface area contributed by atoms with Crippen LogP contribution in [-0.4, -0.2) is 12.5 Å². The zero-order valence-electron chi connectivity index (χ0n) is 12.4. The van der Waals surface area contributed by atoms with Gasteiger partial charge in [-0.3, -0.25) is 4.79 Å². The first kappa shape index (κ1) is 18.4. The molecule has 1 N–H and O–H groups in total. The van der Waals surface area contributed by atoms with E-state index >= 15 is 0 Å². The molecule has 0 saturated carbocycles. The molecular formula is C16H12Cl2F3NO2. The summed E-state index contributed by atoms with van der Waals surface area (Å²) in [5.74, 6) is -0.342. The van der Waals surface area contributed by atoms with E-state index in [4.69, 9.17) is 27.9 Å². The molecule has 2 aromatic carbocycles. The van der Waals surface area contributed by atoms with Crippen molar-refractivity contribution < 1.29 is 22.7 Å². The minimum absolute atomic E-state index is 0.0792. The summed E-state index contributed by atoms with van der Waals surface area (Å²) in [5, 5.41) is 2.33. The third-order valence-corrected chi connectivity index (χ3v) is 3.56. The van der Waals surface area contributed by atoms with Gasteiger partial charge in [0.15, 0.2) is 0 Å². The fourth-order valence-electron chi connectivity index (χ4n) is 1.97. The Hall–Kier alpha value is -1.92. The van der Waals surface area contributed by atoms with Gasteiger partial charge in [0.1, 0.15) is 5.75 Å². The highest BCUT2D eigenvalue weighted by atomic mass is 35.5. The van der Waals surface area contributed by atoms with Crippen molar-refractivity contribution in [1.29, 1.82) is 0 Å². The molecule has 2 aromatic rings. The number of hydrogen-bond donors (Lipinski definition) is 1. The topological polar surface area (TPSA) is 38.3 Å². The van der Waals surface area contributed by atoms with Gasteiger partial charge in [-0.2, -0.15) is 13.2 Å². The fraction of sp³-hybridized carbons (Fsp3) is 0.188. The summed E-state index contributed by atoms with van der Waals surface area (Å²) < 4.78 is 44.3. The molecule has 0 radical (unpaired) electrons. The SMILES string of the molecule is CCOc1ccc(C(=O)Nc2ccc(Cl)cc2C(F)(F)F)cc1Cl. The number of amides is 1. The van der Waals surface area contributed by atoms with Gasteiger partial charge in [-0.25, -0.2) is 0 Å². The quantitative estimate of drug-likeness (QED) is 0.745. The van der Waals surface area contributed by atoms with Crippen molar-refractivity contribution in [3.8, 4) is 5.75 Å². The second kappa shape index (κ2) is 7.32. The number of alkyl halides is 3. The summed E-state index contributed by atoms with van der Waals surface area (Å²) >= 11 is 11.6. The normalized spacial score (nSPS) is 11.2. The molecule has 0 aliphatic rings. The predicted molar refractivity (Wildman–Crippen MR) is 87.0 cm³/mol. The van der Waals surface area contributed by atoms with Crippen LogP contribution in [0.1, 0.15) is 22.8 Å². The highest BCUT2D eigenvalue weighted by molar-refractivity contribution is 6.32. The summed E-state index contributed by atoms with van der Waals surface area (Å²) in [6.07, 6.45) is -4.65. The minimum atomic E-state index is -4.65. The average Bonchev–Trinajstić information content (AvgIpc) is 2.50. The molecule has 0 fully saturated rings. The van der Waals surface area contributed by atoms with Crippen molar-refractivity contribution in [2.45, 2.75) is 13.1 Å². The molecular weight excluding hydrogens is 366 g/mol. The van der Waals surface area contributed by atoms with E-state index in [1.165, 1.54) is 24.3 Å². The zero-order valence-corrected chi connectivity index (χ0v) is 13.9. The molecule has 0 unspecified atom stereocenters. The molecule has 2 rings (SSSR count). The number of rotatable bonds is 4. The lowest BCUT2D eigenvalue weighted by Gasteiger charge is -2.14. The lowest BCUT2D eigenvalue weighted by molar-refractivity contribution is -0.136. The van der Waals surface area contributed by atoms with Gasteiger partial charge in [0, 0.05) is 10.6 Å². The first-order chi connectivity index (χ1) is 11.2. The molecule has 0 atom stereocenters. The highest BCUT2D eigenvalue weighted by Crippen LogP contribution is 2.36. The molecule has 0 heterocycles. The van der Waals surface area contributed by atoms with Crippen LogP contribution < -0.4 is 10.1 Å². The van der Waals surface area contributed by atoms with E-state index in [1.54, 1.807) is 6.92 Å². The Morgan fingerprint density at radius 2 is 1.88 bits per heavy atom. The second-order valence-electron chi connectivity index (χ2n) is 4.72. The van der Waals surface area contributed by atoms with E-state index in [2.05, 4.69) is 5.32 Å². The van der Waals surface area contributed by atoms with Crippen LogP contribution in [0.4, 0.5) is 18.9 Å². The minimum Gasteiger partial charge on any atom is -0.492 e. The number of nitrogens with one attached hydrogen (secondary N) is 1. The van der Waals surface area contributed by atoms with Crippen LogP contribution in [0.15, 0.2) is 36.4 Å². The Bertz CT molecular complexity index is 763. The van der Waals surface area contributed by atoms with Crippen LogP contribution in [0.25, 0.3) is 0 Å². The maximum absolute atomic E-state index is 13.0. The third kappa shape index (κ3) is 4.33. The molecule has 128 valence electrons. The van der Waals surface area contributed by atoms with Gasteiger partial charge in [0.05, 0.1) is 22.9 Å². The number of carbonyl (C=O) groups excluding carboxylic acids is 1. The highest BCUT2D eigenvalue weighted by Gasteiger charge is 2.34. The van der Waals surface area contributed by atoms with E-state index in [0.29, 0.717) is 12.4 Å². The third-order valence-electron chi connectivity index (χ3n) is 3.03. The van der Waals surface area contributed by atoms with Gasteiger partial charge in [-0.15, -0.1) is 0 Å². The van der Waals surface area contributed by atoms with Gasteiger partial charge in [0.25, 0.3) is 5.91 Å². The Morgan fingerprint density at radius 1 is 1.17 bits per heavy atom. The summed E-state index contributed by atoms with van der Waals surface area (Å²) in [6, 6.07) is 7.33. The summed E-state index contributed by atoms with van der Waals surface area (Å²) in [4.78, 5) is 12.2. The van der Waals surface area contributed by atoms with E-state index in [1.807, 2.05) is 0 Å². The smallest absolute Gasteiger partial charge is 0.418 e. The first-order valence-electron chi connectivity index (χ1n) is 6.83. The van der Waals surface area contributed by atoms with Crippen molar-refractivity contribution in [3.63, 3.8) is 0 Å². The lowest BCUT2D eigenvalue weighted by atomic mass is 10.1. The maximum Gasteiger partial charge on any atom is 0.418 e. The van der Waals surface area contributed by atoms with Crippen LogP contribution in [-0.2, 0) is 6.18 Å². The average molecular weight is 378 g/mol. The number of ether oxygens (including phenoxy) is 1. The molecule has 3 nitrogen and oxygen atoms in total. The van der Waals surface area contributed by atoms with Crippen molar-refractivity contribution in [3.05, 3.63) is 57.6 Å². The van der Waals surface area contributed by atoms with Crippen molar-refractivity contribution in [2.75, 3.05) is 11.9 Å². The summed E-state index contributed by atoms with van der Waals surface area (Å²) in [7, 11) is 0. The maximum atomic E-state index is 13.0. The van der Waals surface area contributed by atoms with Gasteiger partial charge in [-0.1, -0.05) is 23.2 Å². The van der Waals surface area contributed by atoms with Crippen molar-refractivity contribution in [1.82, 2.24) is 0 Å². The number of carbonyl (C=O) groups is 1. The molecule has 1 amide bonds. The standard InChI is InChI=1S/C16H12Cl2F3NO2/c1-2-24-14-6-3-9(7-12(14)18)15(23)22-13-5-4-10(17)8-11(13)16(19,20)21/h3-8H,2H2,1H3,(H,22,23). The van der Waals surface area contributed by atoms with E-state index in [-0.39, 0.29) is 21.3 Å². The zero-order chi connectivity index (χ0) is 17.9. The van der Waals surface area contributed by atoms with Crippen molar-refractivity contribution in [2.24, 2.45) is 0 Å². The second-order valence-corrected chi connectivity index (χ2v) is 5.56. The van der Waals surface area contributed by atoms with Crippen LogP contribution in [0.2, 0.25) is 10.0 Å². The van der Waals surface area contributed by atoms with E-state index in [0.717, 1.165) is 12.1 Å². The van der Waals surface area contributed by atoms with Crippen molar-refractivity contribution >= 4 is 34.8 Å². The molecule has 0 bridgehead atoms. The molecule has 8 heteroatoms. The summed E-state index contributed by atoms with van der Waals surface area (Å²) in [6.45, 7) is 2.17. The molecule has 0 aliphatic heterocycles.